The number of para-hydroxylation sites is 1. The minimum atomic E-state index is -5.15. The summed E-state index contributed by atoms with van der Waals surface area (Å²) in [4.78, 5) is 3.06. The van der Waals surface area contributed by atoms with Crippen molar-refractivity contribution in [2.45, 2.75) is 16.5 Å². The quantitative estimate of drug-likeness (QED) is 0.500. The van der Waals surface area contributed by atoms with Crippen molar-refractivity contribution in [3.8, 4) is 5.75 Å². The van der Waals surface area contributed by atoms with Crippen LogP contribution < -0.4 is 4.74 Å². The van der Waals surface area contributed by atoms with Crippen LogP contribution in [0.5, 0.6) is 5.75 Å². The lowest BCUT2D eigenvalue weighted by atomic mass is 10.3. The van der Waals surface area contributed by atoms with Crippen LogP contribution in [0.3, 0.4) is 0 Å². The first kappa shape index (κ1) is 18.3. The second-order valence-electron chi connectivity index (χ2n) is 3.94. The number of rotatable bonds is 3. The second-order valence-corrected chi connectivity index (χ2v) is 6.73. The molecule has 1 aromatic carbocycles. The Balaban J connectivity index is 2.69. The highest BCUT2D eigenvalue weighted by Gasteiger charge is 2.41. The Morgan fingerprint density at radius 3 is 2.13 bits per heavy atom. The standard InChI is InChI=1S/C10H3Cl2F7N2OS/c11-9(12,16)23-21-4-2-1-3-5(22-10(17,18)19)6(4)20-7(21)8(13,14)15/h1-3H. The summed E-state index contributed by atoms with van der Waals surface area (Å²) in [5, 5.41) is 0. The Morgan fingerprint density at radius 1 is 1.04 bits per heavy atom. The highest BCUT2D eigenvalue weighted by molar-refractivity contribution is 8.01. The van der Waals surface area contributed by atoms with Crippen LogP contribution in [0.4, 0.5) is 30.7 Å². The number of fused-ring (bicyclic) bond motifs is 1. The third-order valence-corrected chi connectivity index (χ3v) is 3.45. The molecular weight excluding hydrogens is 400 g/mol. The Labute approximate surface area is 137 Å². The lowest BCUT2D eigenvalue weighted by Gasteiger charge is -2.14. The van der Waals surface area contributed by atoms with E-state index < -0.39 is 39.1 Å². The van der Waals surface area contributed by atoms with Gasteiger partial charge in [-0.15, -0.1) is 13.2 Å². The van der Waals surface area contributed by atoms with Crippen molar-refractivity contribution < 1.29 is 35.5 Å². The van der Waals surface area contributed by atoms with Crippen LogP contribution in [0.1, 0.15) is 5.82 Å². The largest absolute Gasteiger partial charge is 0.573 e. The van der Waals surface area contributed by atoms with Crippen molar-refractivity contribution in [2.24, 2.45) is 0 Å². The minimum Gasteiger partial charge on any atom is -0.403 e. The average Bonchev–Trinajstić information content (AvgIpc) is 2.65. The zero-order valence-corrected chi connectivity index (χ0v) is 12.7. The molecule has 1 heterocycles. The van der Waals surface area contributed by atoms with Gasteiger partial charge in [-0.25, -0.2) is 4.98 Å². The van der Waals surface area contributed by atoms with E-state index in [1.165, 1.54) is 0 Å². The molecule has 23 heavy (non-hydrogen) atoms. The number of benzene rings is 1. The minimum absolute atomic E-state index is 0.151. The Bertz CT molecular complexity index is 723. The zero-order valence-electron chi connectivity index (χ0n) is 10.3. The summed E-state index contributed by atoms with van der Waals surface area (Å²) in [7, 11) is 0. The normalized spacial score (nSPS) is 13.6. The van der Waals surface area contributed by atoms with Gasteiger partial charge in [0.05, 0.1) is 5.52 Å². The fourth-order valence-electron chi connectivity index (χ4n) is 1.63. The van der Waals surface area contributed by atoms with Crippen molar-refractivity contribution >= 4 is 46.2 Å². The van der Waals surface area contributed by atoms with Crippen LogP contribution in [-0.2, 0) is 6.18 Å². The zero-order chi connectivity index (χ0) is 17.6. The lowest BCUT2D eigenvalue weighted by molar-refractivity contribution is -0.274. The summed E-state index contributed by atoms with van der Waals surface area (Å²) in [6.07, 6.45) is -10.2. The SMILES string of the molecule is FC(F)(F)Oc1cccc2c1nc(C(F)(F)F)n2SC(F)(Cl)Cl. The third kappa shape index (κ3) is 4.48. The summed E-state index contributed by atoms with van der Waals surface area (Å²) in [5.74, 6) is -2.67. The molecule has 128 valence electrons. The second kappa shape index (κ2) is 5.78. The Hall–Kier alpha value is -1.07. The molecule has 0 spiro atoms. The molecule has 1 aromatic heterocycles. The maximum Gasteiger partial charge on any atom is 0.573 e. The highest BCUT2D eigenvalue weighted by atomic mass is 35.5. The van der Waals surface area contributed by atoms with Crippen LogP contribution in [-0.4, -0.2) is 19.2 Å². The van der Waals surface area contributed by atoms with Crippen molar-refractivity contribution in [3.05, 3.63) is 24.0 Å². The van der Waals surface area contributed by atoms with E-state index in [9.17, 15) is 30.7 Å². The molecule has 0 bridgehead atoms. The van der Waals surface area contributed by atoms with Gasteiger partial charge < -0.3 is 4.74 Å². The van der Waals surface area contributed by atoms with E-state index in [2.05, 4.69) is 9.72 Å². The van der Waals surface area contributed by atoms with Gasteiger partial charge >= 0.3 is 16.5 Å². The van der Waals surface area contributed by atoms with Gasteiger partial charge in [-0.05, 0) is 12.1 Å². The van der Waals surface area contributed by atoms with Gasteiger partial charge in [0, 0.05) is 11.9 Å². The van der Waals surface area contributed by atoms with Gasteiger partial charge in [0.2, 0.25) is 5.82 Å². The summed E-state index contributed by atoms with van der Waals surface area (Å²) in [6.45, 7) is 0. The van der Waals surface area contributed by atoms with E-state index >= 15 is 0 Å². The van der Waals surface area contributed by atoms with Gasteiger partial charge in [0.25, 0.3) is 0 Å². The molecule has 3 nitrogen and oxygen atoms in total. The van der Waals surface area contributed by atoms with Gasteiger partial charge in [-0.1, -0.05) is 29.3 Å². The maximum atomic E-state index is 13.3. The number of aromatic nitrogens is 2. The molecule has 0 aliphatic carbocycles. The predicted molar refractivity (Wildman–Crippen MR) is 70.0 cm³/mol. The molecule has 0 saturated carbocycles. The number of ether oxygens (including phenoxy) is 1. The number of nitrogens with zero attached hydrogens (tertiary/aromatic N) is 2. The van der Waals surface area contributed by atoms with E-state index in [1.54, 1.807) is 0 Å². The van der Waals surface area contributed by atoms with Crippen molar-refractivity contribution in [1.82, 2.24) is 8.96 Å². The monoisotopic (exact) mass is 402 g/mol. The predicted octanol–water partition coefficient (Wildman–Crippen LogP) is 5.51. The Morgan fingerprint density at radius 2 is 1.65 bits per heavy atom. The molecule has 0 fully saturated rings. The third-order valence-electron chi connectivity index (χ3n) is 2.28. The molecule has 0 aliphatic rings. The first-order valence-electron chi connectivity index (χ1n) is 5.38. The number of hydrogen-bond donors (Lipinski definition) is 0. The number of imidazole rings is 1. The molecule has 0 unspecified atom stereocenters. The van der Waals surface area contributed by atoms with Gasteiger partial charge in [-0.2, -0.15) is 17.6 Å². The van der Waals surface area contributed by atoms with E-state index in [0.29, 0.717) is 0 Å². The van der Waals surface area contributed by atoms with Gasteiger partial charge in [0.15, 0.2) is 5.75 Å². The fraction of sp³-hybridized carbons (Fsp3) is 0.300. The number of alkyl halides is 9. The Kier molecular flexibility index (Phi) is 4.59. The topological polar surface area (TPSA) is 27.1 Å². The van der Waals surface area contributed by atoms with Crippen LogP contribution in [0.2, 0.25) is 0 Å². The van der Waals surface area contributed by atoms with Crippen LogP contribution in [0.25, 0.3) is 11.0 Å². The van der Waals surface area contributed by atoms with Crippen molar-refractivity contribution in [1.29, 1.82) is 0 Å². The lowest BCUT2D eigenvalue weighted by Crippen LogP contribution is -2.17. The summed E-state index contributed by atoms with van der Waals surface area (Å²) in [5.41, 5.74) is -1.28. The van der Waals surface area contributed by atoms with Crippen molar-refractivity contribution in [2.75, 3.05) is 0 Å². The molecule has 2 rings (SSSR count). The van der Waals surface area contributed by atoms with Gasteiger partial charge in [0.1, 0.15) is 5.52 Å². The molecule has 0 saturated heterocycles. The van der Waals surface area contributed by atoms with E-state index in [-0.39, 0.29) is 15.9 Å². The smallest absolute Gasteiger partial charge is 0.403 e. The summed E-state index contributed by atoms with van der Waals surface area (Å²) >= 11 is 9.73. The first-order valence-corrected chi connectivity index (χ1v) is 6.91. The number of halogens is 9. The summed E-state index contributed by atoms with van der Waals surface area (Å²) in [6, 6.07) is 2.72. The van der Waals surface area contributed by atoms with Crippen LogP contribution in [0, 0.1) is 0 Å². The molecule has 0 radical (unpaired) electrons. The molecule has 0 aliphatic heterocycles. The first-order chi connectivity index (χ1) is 10.3. The maximum absolute atomic E-state index is 13.3. The highest BCUT2D eigenvalue weighted by Crippen LogP contribution is 2.44. The van der Waals surface area contributed by atoms with Gasteiger partial charge in [-0.3, -0.25) is 3.97 Å². The van der Waals surface area contributed by atoms with Crippen LogP contribution in [0.15, 0.2) is 18.2 Å². The molecule has 0 amide bonds. The molecule has 2 aromatic rings. The molecular formula is C10H3Cl2F7N2OS. The average molecular weight is 403 g/mol. The molecule has 0 atom stereocenters. The summed E-state index contributed by atoms with van der Waals surface area (Å²) < 4.78 is 89.7. The number of hydrogen-bond acceptors (Lipinski definition) is 3. The molecule has 13 heteroatoms. The van der Waals surface area contributed by atoms with Crippen molar-refractivity contribution in [3.63, 3.8) is 0 Å². The molecule has 0 N–H and O–H groups in total. The fourth-order valence-corrected chi connectivity index (χ4v) is 2.73. The van der Waals surface area contributed by atoms with E-state index in [1.807, 2.05) is 0 Å². The van der Waals surface area contributed by atoms with E-state index in [0.717, 1.165) is 18.2 Å². The van der Waals surface area contributed by atoms with E-state index in [4.69, 9.17) is 23.2 Å². The van der Waals surface area contributed by atoms with Crippen LogP contribution >= 0.6 is 35.1 Å².